The number of carbonyl (C=O) groups is 1. The minimum atomic E-state index is -4.19. The van der Waals surface area contributed by atoms with Gasteiger partial charge in [-0.05, 0) is 38.5 Å². The van der Waals surface area contributed by atoms with E-state index < -0.39 is 33.7 Å². The van der Waals surface area contributed by atoms with Crippen molar-refractivity contribution in [2.45, 2.75) is 43.5 Å². The molecule has 174 valence electrons. The highest BCUT2D eigenvalue weighted by molar-refractivity contribution is 7.89. The lowest BCUT2D eigenvalue weighted by atomic mass is 10.1. The molecule has 9 nitrogen and oxygen atoms in total. The first-order valence-electron chi connectivity index (χ1n) is 9.88. The Morgan fingerprint density at radius 2 is 2.15 bits per heavy atom. The smallest absolute Gasteiger partial charge is 0.276 e. The largest absolute Gasteiger partial charge is 0.488 e. The number of alkyl halides is 1. The summed E-state index contributed by atoms with van der Waals surface area (Å²) in [4.78, 5) is 12.7. The second-order valence-corrected chi connectivity index (χ2v) is 9.79. The van der Waals surface area contributed by atoms with Crippen molar-refractivity contribution >= 4 is 21.6 Å². The molecule has 1 aliphatic rings. The Balaban J connectivity index is 1.92. The second kappa shape index (κ2) is 8.87. The molecule has 11 heteroatoms. The highest BCUT2D eigenvalue weighted by Crippen LogP contribution is 2.33. The molecule has 0 aliphatic carbocycles. The van der Waals surface area contributed by atoms with E-state index in [9.17, 15) is 28.0 Å². The number of hydrogen-bond donors (Lipinski definition) is 3. The van der Waals surface area contributed by atoms with Crippen LogP contribution in [0.4, 0.5) is 10.1 Å². The number of hydrogen-bond acceptors (Lipinski definition) is 6. The second-order valence-electron chi connectivity index (χ2n) is 8.10. The molecule has 3 rings (SSSR count). The third-order valence-electron chi connectivity index (χ3n) is 4.84. The van der Waals surface area contributed by atoms with E-state index in [0.29, 0.717) is 11.3 Å². The minimum Gasteiger partial charge on any atom is -0.488 e. The molecule has 0 radical (unpaired) electrons. The molecule has 1 unspecified atom stereocenters. The Morgan fingerprint density at radius 3 is 2.79 bits per heavy atom. The number of fused-ring (bicyclic) bond motifs is 1. The molecule has 0 fully saturated rings. The average molecular weight is 475 g/mol. The Hall–Kier alpha value is -3.38. The number of carbonyl (C=O) groups excluding carboxylic acids is 1. The molecule has 2 heterocycles. The first kappa shape index (κ1) is 24.3. The van der Waals surface area contributed by atoms with Gasteiger partial charge in [0.05, 0.1) is 17.7 Å². The van der Waals surface area contributed by atoms with E-state index in [1.54, 1.807) is 19.1 Å². The van der Waals surface area contributed by atoms with Gasteiger partial charge >= 0.3 is 0 Å². The number of nitrogens with zero attached hydrogens (tertiary/aromatic N) is 2. The number of amides is 1. The zero-order valence-corrected chi connectivity index (χ0v) is 19.2. The van der Waals surface area contributed by atoms with Crippen molar-refractivity contribution < 1.29 is 27.4 Å². The number of rotatable bonds is 3. The van der Waals surface area contributed by atoms with Crippen LogP contribution in [0.15, 0.2) is 29.3 Å². The van der Waals surface area contributed by atoms with Gasteiger partial charge in [0.15, 0.2) is 17.1 Å². The fraction of sp³-hybridized carbons (Fsp3) is 0.364. The summed E-state index contributed by atoms with van der Waals surface area (Å²) in [6.07, 6.45) is -0.324. The third kappa shape index (κ3) is 5.34. The maximum atomic E-state index is 13.6. The summed E-state index contributed by atoms with van der Waals surface area (Å²) in [7, 11) is -2.71. The molecule has 0 spiro atoms. The molecule has 1 aliphatic heterocycles. The number of anilines is 1. The van der Waals surface area contributed by atoms with Crippen molar-refractivity contribution in [1.29, 1.82) is 5.26 Å². The lowest BCUT2D eigenvalue weighted by molar-refractivity contribution is 0.101. The highest BCUT2D eigenvalue weighted by atomic mass is 32.2. The Bertz CT molecular complexity index is 1310. The zero-order chi connectivity index (χ0) is 24.6. The molecule has 33 heavy (non-hydrogen) atoms. The van der Waals surface area contributed by atoms with E-state index in [0.717, 1.165) is 5.56 Å². The predicted octanol–water partition coefficient (Wildman–Crippen LogP) is 1.61. The van der Waals surface area contributed by atoms with Gasteiger partial charge in [0.25, 0.3) is 5.91 Å². The van der Waals surface area contributed by atoms with Crippen LogP contribution in [0.3, 0.4) is 0 Å². The number of sulfonamides is 1. The summed E-state index contributed by atoms with van der Waals surface area (Å²) < 4.78 is 48.6. The summed E-state index contributed by atoms with van der Waals surface area (Å²) in [5, 5.41) is 22.1. The minimum absolute atomic E-state index is 0.0689. The molecule has 2 aromatic rings. The summed E-state index contributed by atoms with van der Waals surface area (Å²) >= 11 is 0. The molecule has 1 aromatic heterocycles. The van der Waals surface area contributed by atoms with E-state index in [4.69, 9.17) is 4.74 Å². The standard InChI is InChI=1S/C22H23FN4O5S/c1-13-5-6-15(9-14(13)10-24)25-21(29)19-20-18(11-27(19)4)33(30,31)26-16(12-32-20)17(28)7-8-22(2,3)23/h5-6,9,11,16-17,26,28H,12H2,1-4H3,(H,25,29)/t16-,17?/m0/s1. The lowest BCUT2D eigenvalue weighted by Crippen LogP contribution is -2.45. The van der Waals surface area contributed by atoms with Crippen LogP contribution in [0.2, 0.25) is 0 Å². The summed E-state index contributed by atoms with van der Waals surface area (Å²) in [5.74, 6) is 3.65. The summed E-state index contributed by atoms with van der Waals surface area (Å²) in [6.45, 7) is 3.82. The van der Waals surface area contributed by atoms with Gasteiger partial charge < -0.3 is 19.7 Å². The number of halogens is 1. The maximum Gasteiger partial charge on any atom is 0.276 e. The number of aliphatic hydroxyl groups excluding tert-OH is 1. The van der Waals surface area contributed by atoms with Crippen LogP contribution in [-0.2, 0) is 17.1 Å². The van der Waals surface area contributed by atoms with Crippen molar-refractivity contribution in [3.63, 3.8) is 0 Å². The van der Waals surface area contributed by atoms with Gasteiger partial charge in [0, 0.05) is 18.9 Å². The van der Waals surface area contributed by atoms with Crippen molar-refractivity contribution in [3.05, 3.63) is 41.2 Å². The number of aryl methyl sites for hydroxylation is 2. The predicted molar refractivity (Wildman–Crippen MR) is 118 cm³/mol. The molecule has 0 bridgehead atoms. The quantitative estimate of drug-likeness (QED) is 0.579. The number of ether oxygens (including phenoxy) is 1. The van der Waals surface area contributed by atoms with Crippen LogP contribution in [0.25, 0.3) is 0 Å². The van der Waals surface area contributed by atoms with Gasteiger partial charge in [-0.3, -0.25) is 4.79 Å². The monoisotopic (exact) mass is 474 g/mol. The van der Waals surface area contributed by atoms with E-state index >= 15 is 0 Å². The van der Waals surface area contributed by atoms with E-state index in [2.05, 4.69) is 21.9 Å². The van der Waals surface area contributed by atoms with Gasteiger partial charge in [-0.1, -0.05) is 17.9 Å². The fourth-order valence-electron chi connectivity index (χ4n) is 3.15. The molecule has 2 atom stereocenters. The van der Waals surface area contributed by atoms with Crippen LogP contribution >= 0.6 is 0 Å². The first-order valence-corrected chi connectivity index (χ1v) is 11.4. The number of benzene rings is 1. The molecule has 3 N–H and O–H groups in total. The van der Waals surface area contributed by atoms with Crippen LogP contribution < -0.4 is 14.8 Å². The van der Waals surface area contributed by atoms with Crippen LogP contribution in [0.5, 0.6) is 5.75 Å². The van der Waals surface area contributed by atoms with Crippen LogP contribution in [-0.4, -0.2) is 48.4 Å². The van der Waals surface area contributed by atoms with Crippen molar-refractivity contribution in [2.75, 3.05) is 11.9 Å². The van der Waals surface area contributed by atoms with Crippen molar-refractivity contribution in [1.82, 2.24) is 9.29 Å². The Kier molecular flexibility index (Phi) is 6.52. The molecule has 1 amide bonds. The fourth-order valence-corrected chi connectivity index (χ4v) is 4.57. The van der Waals surface area contributed by atoms with E-state index in [1.165, 1.54) is 37.7 Å². The van der Waals surface area contributed by atoms with Gasteiger partial charge in [0.2, 0.25) is 10.0 Å². The van der Waals surface area contributed by atoms with E-state index in [1.807, 2.05) is 6.07 Å². The molecular formula is C22H23FN4O5S. The first-order chi connectivity index (χ1) is 15.3. The molecule has 0 saturated heterocycles. The maximum absolute atomic E-state index is 13.6. The highest BCUT2D eigenvalue weighted by Gasteiger charge is 2.36. The van der Waals surface area contributed by atoms with Crippen molar-refractivity contribution in [2.24, 2.45) is 7.05 Å². The van der Waals surface area contributed by atoms with Crippen LogP contribution in [0, 0.1) is 30.1 Å². The third-order valence-corrected chi connectivity index (χ3v) is 6.32. The van der Waals surface area contributed by atoms with Gasteiger partial charge in [-0.2, -0.15) is 5.26 Å². The number of nitriles is 1. The van der Waals surface area contributed by atoms with Crippen LogP contribution in [0.1, 0.15) is 35.5 Å². The summed E-state index contributed by atoms with van der Waals surface area (Å²) in [5.41, 5.74) is -0.462. The Labute approximate surface area is 191 Å². The molecule has 1 aromatic carbocycles. The normalized spacial score (nSPS) is 17.9. The van der Waals surface area contributed by atoms with Gasteiger partial charge in [-0.25, -0.2) is 17.5 Å². The zero-order valence-electron chi connectivity index (χ0n) is 18.4. The molecular weight excluding hydrogens is 451 g/mol. The average Bonchev–Trinajstić information content (AvgIpc) is 3.00. The Morgan fingerprint density at radius 1 is 1.45 bits per heavy atom. The number of nitrogens with one attached hydrogen (secondary N) is 2. The summed E-state index contributed by atoms with van der Waals surface area (Å²) in [6, 6.07) is 5.65. The van der Waals surface area contributed by atoms with Gasteiger partial charge in [-0.15, -0.1) is 0 Å². The van der Waals surface area contributed by atoms with Crippen molar-refractivity contribution in [3.8, 4) is 23.7 Å². The number of aromatic nitrogens is 1. The SMILES string of the molecule is Cc1ccc(NC(=O)c2c3c(cn2C)S(=O)(=O)N[C@H](C(O)C#CC(C)(C)F)CO3)cc1C#N. The molecule has 0 saturated carbocycles. The number of aliphatic hydroxyl groups is 1. The van der Waals surface area contributed by atoms with E-state index in [-0.39, 0.29) is 22.9 Å². The van der Waals surface area contributed by atoms with Gasteiger partial charge in [0.1, 0.15) is 17.6 Å². The topological polar surface area (TPSA) is 133 Å². The lowest BCUT2D eigenvalue weighted by Gasteiger charge is -2.18.